The van der Waals surface area contributed by atoms with Gasteiger partial charge in [-0.1, -0.05) is 0 Å². The number of aryl methyl sites for hydroxylation is 2. The van der Waals surface area contributed by atoms with Gasteiger partial charge in [0.1, 0.15) is 0 Å². The molecular weight excluding hydrogens is 266 g/mol. The van der Waals surface area contributed by atoms with Gasteiger partial charge in [-0.2, -0.15) is 0 Å². The molecule has 0 bridgehead atoms. The number of nitrogens with zero attached hydrogens (tertiary/aromatic N) is 5. The van der Waals surface area contributed by atoms with Crippen LogP contribution in [0.1, 0.15) is 31.0 Å². The van der Waals surface area contributed by atoms with Gasteiger partial charge >= 0.3 is 0 Å². The predicted octanol–water partition coefficient (Wildman–Crippen LogP) is 1.64. The van der Waals surface area contributed by atoms with Gasteiger partial charge in [-0.15, -0.1) is 0 Å². The van der Waals surface area contributed by atoms with Gasteiger partial charge in [-0.05, 0) is 19.8 Å². The van der Waals surface area contributed by atoms with Crippen LogP contribution < -0.4 is 0 Å². The van der Waals surface area contributed by atoms with Crippen LogP contribution in [0, 0.1) is 6.92 Å². The molecule has 0 spiro atoms. The van der Waals surface area contributed by atoms with Gasteiger partial charge in [-0.3, -0.25) is 4.79 Å². The summed E-state index contributed by atoms with van der Waals surface area (Å²) in [6.07, 6.45) is 11.7. The second-order valence-electron chi connectivity index (χ2n) is 5.60. The normalized spacial score (nSPS) is 16.3. The number of carbonyl (C=O) groups is 1. The number of aromatic nitrogens is 4. The fourth-order valence-corrected chi connectivity index (χ4v) is 2.95. The molecule has 0 N–H and O–H groups in total. The second-order valence-corrected chi connectivity index (χ2v) is 5.60. The summed E-state index contributed by atoms with van der Waals surface area (Å²) in [4.78, 5) is 22.4. The molecule has 0 atom stereocenters. The van der Waals surface area contributed by atoms with Crippen molar-refractivity contribution >= 4 is 5.91 Å². The van der Waals surface area contributed by atoms with E-state index in [9.17, 15) is 4.79 Å². The fraction of sp³-hybridized carbons (Fsp3) is 0.533. The number of amides is 1. The first-order valence-corrected chi connectivity index (χ1v) is 7.46. The van der Waals surface area contributed by atoms with Gasteiger partial charge in [-0.25, -0.2) is 9.97 Å². The highest BCUT2D eigenvalue weighted by molar-refractivity contribution is 5.76. The summed E-state index contributed by atoms with van der Waals surface area (Å²) in [5, 5.41) is 0. The third-order valence-corrected chi connectivity index (χ3v) is 4.21. The fourth-order valence-electron chi connectivity index (χ4n) is 2.95. The van der Waals surface area contributed by atoms with E-state index in [-0.39, 0.29) is 5.91 Å². The van der Waals surface area contributed by atoms with Crippen molar-refractivity contribution in [3.8, 4) is 0 Å². The van der Waals surface area contributed by atoms with E-state index in [1.54, 1.807) is 12.5 Å². The van der Waals surface area contributed by atoms with Crippen LogP contribution in [0.3, 0.4) is 0 Å². The third kappa shape index (κ3) is 3.15. The maximum atomic E-state index is 12.2. The Hall–Kier alpha value is -2.11. The number of rotatable bonds is 4. The van der Waals surface area contributed by atoms with E-state index in [4.69, 9.17) is 0 Å². The van der Waals surface area contributed by atoms with Crippen LogP contribution in [0.4, 0.5) is 0 Å². The molecule has 0 radical (unpaired) electrons. The van der Waals surface area contributed by atoms with Crippen molar-refractivity contribution in [1.82, 2.24) is 24.0 Å². The molecule has 1 aliphatic rings. The molecule has 3 heterocycles. The number of imidazole rings is 2. The Bertz CT molecular complexity index is 581. The molecule has 2 aromatic rings. The van der Waals surface area contributed by atoms with Crippen LogP contribution in [0.25, 0.3) is 0 Å². The highest BCUT2D eigenvalue weighted by atomic mass is 16.2. The Morgan fingerprint density at radius 2 is 2.10 bits per heavy atom. The summed E-state index contributed by atoms with van der Waals surface area (Å²) in [5.74, 6) is 0.240. The molecule has 1 amide bonds. The average Bonchev–Trinajstić information content (AvgIpc) is 3.16. The molecule has 112 valence electrons. The Balaban J connectivity index is 1.49. The van der Waals surface area contributed by atoms with Crippen LogP contribution in [-0.2, 0) is 11.3 Å². The van der Waals surface area contributed by atoms with E-state index in [1.807, 2.05) is 28.2 Å². The number of carbonyl (C=O) groups excluding carboxylic acids is 1. The highest BCUT2D eigenvalue weighted by Crippen LogP contribution is 2.24. The van der Waals surface area contributed by atoms with E-state index >= 15 is 0 Å². The molecule has 1 fully saturated rings. The molecule has 1 aliphatic heterocycles. The van der Waals surface area contributed by atoms with Gasteiger partial charge in [0.05, 0.1) is 12.7 Å². The molecule has 6 nitrogen and oxygen atoms in total. The molecule has 6 heteroatoms. The molecule has 3 rings (SSSR count). The molecule has 0 unspecified atom stereocenters. The maximum Gasteiger partial charge on any atom is 0.224 e. The summed E-state index contributed by atoms with van der Waals surface area (Å²) in [7, 11) is 0. The van der Waals surface area contributed by atoms with Crippen molar-refractivity contribution in [2.24, 2.45) is 0 Å². The summed E-state index contributed by atoms with van der Waals surface area (Å²) >= 11 is 0. The van der Waals surface area contributed by atoms with Gasteiger partial charge in [0.25, 0.3) is 0 Å². The van der Waals surface area contributed by atoms with Gasteiger partial charge < -0.3 is 14.0 Å². The SMILES string of the molecule is Cc1cncn1C1CCN(C(=O)CCn2ccnc2)CC1. The molecule has 21 heavy (non-hydrogen) atoms. The minimum atomic E-state index is 0.240. The first kappa shape index (κ1) is 13.9. The molecule has 0 aliphatic carbocycles. The first-order chi connectivity index (χ1) is 10.2. The number of hydrogen-bond acceptors (Lipinski definition) is 3. The Morgan fingerprint density at radius 3 is 2.71 bits per heavy atom. The zero-order valence-electron chi connectivity index (χ0n) is 12.4. The minimum absolute atomic E-state index is 0.240. The van der Waals surface area contributed by atoms with Gasteiger partial charge in [0.15, 0.2) is 0 Å². The highest BCUT2D eigenvalue weighted by Gasteiger charge is 2.23. The summed E-state index contributed by atoms with van der Waals surface area (Å²) in [5.41, 5.74) is 1.19. The quantitative estimate of drug-likeness (QED) is 0.859. The number of likely N-dealkylation sites (tertiary alicyclic amines) is 1. The number of hydrogen-bond donors (Lipinski definition) is 0. The zero-order valence-corrected chi connectivity index (χ0v) is 12.4. The largest absolute Gasteiger partial charge is 0.342 e. The third-order valence-electron chi connectivity index (χ3n) is 4.21. The summed E-state index contributed by atoms with van der Waals surface area (Å²) in [6.45, 7) is 4.46. The van der Waals surface area contributed by atoms with Crippen molar-refractivity contribution in [3.63, 3.8) is 0 Å². The van der Waals surface area contributed by atoms with Crippen molar-refractivity contribution < 1.29 is 4.79 Å². The van der Waals surface area contributed by atoms with Crippen molar-refractivity contribution in [1.29, 1.82) is 0 Å². The van der Waals surface area contributed by atoms with Crippen LogP contribution in [0.5, 0.6) is 0 Å². The molecular formula is C15H21N5O. The summed E-state index contributed by atoms with van der Waals surface area (Å²) in [6, 6.07) is 0.477. The zero-order chi connectivity index (χ0) is 14.7. The van der Waals surface area contributed by atoms with Gasteiger partial charge in [0, 0.05) is 56.4 Å². The minimum Gasteiger partial charge on any atom is -0.342 e. The molecule has 2 aromatic heterocycles. The van der Waals surface area contributed by atoms with Crippen LogP contribution in [-0.4, -0.2) is 43.0 Å². The van der Waals surface area contributed by atoms with Crippen LogP contribution in [0.15, 0.2) is 31.2 Å². The van der Waals surface area contributed by atoms with E-state index in [0.29, 0.717) is 19.0 Å². The molecule has 0 saturated carbocycles. The van der Waals surface area contributed by atoms with Crippen LogP contribution >= 0.6 is 0 Å². The van der Waals surface area contributed by atoms with E-state index in [0.717, 1.165) is 25.9 Å². The van der Waals surface area contributed by atoms with Crippen molar-refractivity contribution in [2.75, 3.05) is 13.1 Å². The van der Waals surface area contributed by atoms with Crippen molar-refractivity contribution in [3.05, 3.63) is 36.9 Å². The lowest BCUT2D eigenvalue weighted by Crippen LogP contribution is -2.39. The lowest BCUT2D eigenvalue weighted by atomic mass is 10.0. The standard InChI is InChI=1S/C15H21N5O/c1-13-10-17-12-20(13)14-2-7-19(8-3-14)15(21)4-6-18-9-5-16-11-18/h5,9-12,14H,2-4,6-8H2,1H3. The topological polar surface area (TPSA) is 56.0 Å². The Labute approximate surface area is 124 Å². The monoisotopic (exact) mass is 287 g/mol. The molecule has 1 saturated heterocycles. The average molecular weight is 287 g/mol. The lowest BCUT2D eigenvalue weighted by molar-refractivity contribution is -0.132. The summed E-state index contributed by atoms with van der Waals surface area (Å²) < 4.78 is 4.17. The Morgan fingerprint density at radius 1 is 1.29 bits per heavy atom. The predicted molar refractivity (Wildman–Crippen MR) is 78.7 cm³/mol. The van der Waals surface area contributed by atoms with E-state index < -0.39 is 0 Å². The van der Waals surface area contributed by atoms with Crippen LogP contribution in [0.2, 0.25) is 0 Å². The smallest absolute Gasteiger partial charge is 0.224 e. The van der Waals surface area contributed by atoms with Gasteiger partial charge in [0.2, 0.25) is 5.91 Å². The Kier molecular flexibility index (Phi) is 4.03. The van der Waals surface area contributed by atoms with Crippen molar-refractivity contribution in [2.45, 2.75) is 38.8 Å². The molecule has 0 aromatic carbocycles. The van der Waals surface area contributed by atoms with E-state index in [1.165, 1.54) is 5.69 Å². The lowest BCUT2D eigenvalue weighted by Gasteiger charge is -2.33. The second kappa shape index (κ2) is 6.11. The van der Waals surface area contributed by atoms with E-state index in [2.05, 4.69) is 21.5 Å². The first-order valence-electron chi connectivity index (χ1n) is 7.46. The maximum absolute atomic E-state index is 12.2. The number of piperidine rings is 1.